The number of oxazole rings is 1. The molecule has 7 heteroatoms. The fraction of sp³-hybridized carbons (Fsp3) is 0.154. The van der Waals surface area contributed by atoms with Crippen molar-refractivity contribution in [1.82, 2.24) is 19.5 Å². The molecule has 0 bridgehead atoms. The van der Waals surface area contributed by atoms with Gasteiger partial charge in [0, 0.05) is 23.7 Å². The van der Waals surface area contributed by atoms with Gasteiger partial charge in [-0.3, -0.25) is 14.3 Å². The SMILES string of the molecule is Cc1ccc(-c2nc(CSc3nc4ccccc4c(=O)n3Cc3cccnc3)c(C)o2)cc1. The van der Waals surface area contributed by atoms with Crippen LogP contribution in [0.25, 0.3) is 22.4 Å². The molecule has 0 aliphatic heterocycles. The minimum absolute atomic E-state index is 0.0656. The van der Waals surface area contributed by atoms with Gasteiger partial charge >= 0.3 is 0 Å². The van der Waals surface area contributed by atoms with Crippen LogP contribution in [0.5, 0.6) is 0 Å². The Hall–Kier alpha value is -3.71. The molecule has 6 nitrogen and oxygen atoms in total. The van der Waals surface area contributed by atoms with Gasteiger partial charge in [0.05, 0.1) is 23.1 Å². The maximum Gasteiger partial charge on any atom is 0.262 e. The molecule has 0 radical (unpaired) electrons. The highest BCUT2D eigenvalue weighted by molar-refractivity contribution is 7.98. The molecule has 0 atom stereocenters. The van der Waals surface area contributed by atoms with E-state index in [1.165, 1.54) is 17.3 Å². The number of benzene rings is 2. The molecule has 0 saturated heterocycles. The average molecular weight is 455 g/mol. The fourth-order valence-electron chi connectivity index (χ4n) is 3.59. The minimum atomic E-state index is -0.0656. The second-order valence-electron chi connectivity index (χ2n) is 7.84. The van der Waals surface area contributed by atoms with Crippen LogP contribution in [0.1, 0.15) is 22.6 Å². The van der Waals surface area contributed by atoms with Crippen LogP contribution in [0, 0.1) is 13.8 Å². The number of nitrogens with zero attached hydrogens (tertiary/aromatic N) is 4. The zero-order valence-electron chi connectivity index (χ0n) is 18.4. The number of hydrogen-bond donors (Lipinski definition) is 0. The van der Waals surface area contributed by atoms with Crippen molar-refractivity contribution in [3.8, 4) is 11.5 Å². The van der Waals surface area contributed by atoms with Gasteiger partial charge in [0.1, 0.15) is 5.76 Å². The van der Waals surface area contributed by atoms with Crippen LogP contribution >= 0.6 is 11.8 Å². The highest BCUT2D eigenvalue weighted by atomic mass is 32.2. The topological polar surface area (TPSA) is 73.8 Å². The summed E-state index contributed by atoms with van der Waals surface area (Å²) in [6.07, 6.45) is 3.49. The third-order valence-corrected chi connectivity index (χ3v) is 6.41. The van der Waals surface area contributed by atoms with Crippen molar-refractivity contribution in [3.05, 3.63) is 106 Å². The zero-order chi connectivity index (χ0) is 22.8. The maximum absolute atomic E-state index is 13.3. The first-order chi connectivity index (χ1) is 16.1. The molecule has 0 saturated carbocycles. The molecule has 164 valence electrons. The van der Waals surface area contributed by atoms with Gasteiger partial charge in [0.15, 0.2) is 5.16 Å². The lowest BCUT2D eigenvalue weighted by Crippen LogP contribution is -2.24. The number of hydrogen-bond acceptors (Lipinski definition) is 6. The summed E-state index contributed by atoms with van der Waals surface area (Å²) >= 11 is 1.48. The van der Waals surface area contributed by atoms with Crippen molar-refractivity contribution in [1.29, 1.82) is 0 Å². The first-order valence-electron chi connectivity index (χ1n) is 10.6. The van der Waals surface area contributed by atoms with Crippen LogP contribution in [0.15, 0.2) is 87.4 Å². The van der Waals surface area contributed by atoms with Crippen molar-refractivity contribution < 1.29 is 4.42 Å². The van der Waals surface area contributed by atoms with Gasteiger partial charge in [-0.2, -0.15) is 0 Å². The molecular weight excluding hydrogens is 432 g/mol. The van der Waals surface area contributed by atoms with Crippen molar-refractivity contribution in [2.24, 2.45) is 0 Å². The molecule has 0 unspecified atom stereocenters. The summed E-state index contributed by atoms with van der Waals surface area (Å²) in [6.45, 7) is 4.37. The summed E-state index contributed by atoms with van der Waals surface area (Å²) in [6, 6.07) is 19.4. The van der Waals surface area contributed by atoms with E-state index in [9.17, 15) is 4.79 Å². The van der Waals surface area contributed by atoms with E-state index in [-0.39, 0.29) is 5.56 Å². The Kier molecular flexibility index (Phi) is 5.79. The lowest BCUT2D eigenvalue weighted by atomic mass is 10.1. The summed E-state index contributed by atoms with van der Waals surface area (Å²) in [7, 11) is 0. The first kappa shape index (κ1) is 21.2. The molecular formula is C26H22N4O2S. The number of pyridine rings is 1. The Morgan fingerprint density at radius 3 is 2.58 bits per heavy atom. The van der Waals surface area contributed by atoms with Crippen molar-refractivity contribution >= 4 is 22.7 Å². The smallest absolute Gasteiger partial charge is 0.262 e. The summed E-state index contributed by atoms with van der Waals surface area (Å²) in [5.74, 6) is 1.90. The maximum atomic E-state index is 13.3. The lowest BCUT2D eigenvalue weighted by molar-refractivity contribution is 0.540. The Bertz CT molecular complexity index is 1470. The largest absolute Gasteiger partial charge is 0.441 e. The van der Waals surface area contributed by atoms with E-state index in [1.54, 1.807) is 17.0 Å². The normalized spacial score (nSPS) is 11.2. The van der Waals surface area contributed by atoms with E-state index in [0.29, 0.717) is 34.2 Å². The number of aryl methyl sites for hydroxylation is 2. The molecule has 0 amide bonds. The molecule has 0 fully saturated rings. The molecule has 5 aromatic rings. The zero-order valence-corrected chi connectivity index (χ0v) is 19.2. The molecule has 0 spiro atoms. The predicted octanol–water partition coefficient (Wildman–Crippen LogP) is 5.40. The Morgan fingerprint density at radius 2 is 1.79 bits per heavy atom. The van der Waals surface area contributed by atoms with Crippen LogP contribution in [-0.4, -0.2) is 19.5 Å². The third kappa shape index (κ3) is 4.45. The number of rotatable bonds is 6. The van der Waals surface area contributed by atoms with Crippen LogP contribution < -0.4 is 5.56 Å². The van der Waals surface area contributed by atoms with Crippen LogP contribution in [0.4, 0.5) is 0 Å². The fourth-order valence-corrected chi connectivity index (χ4v) is 4.59. The predicted molar refractivity (Wildman–Crippen MR) is 130 cm³/mol. The van der Waals surface area contributed by atoms with Gasteiger partial charge in [-0.1, -0.05) is 47.7 Å². The van der Waals surface area contributed by atoms with Crippen molar-refractivity contribution in [2.75, 3.05) is 0 Å². The lowest BCUT2D eigenvalue weighted by Gasteiger charge is -2.12. The molecule has 3 aromatic heterocycles. The number of para-hydroxylation sites is 1. The first-order valence-corrected chi connectivity index (χ1v) is 11.6. The second-order valence-corrected chi connectivity index (χ2v) is 8.78. The molecule has 2 aromatic carbocycles. The van der Waals surface area contributed by atoms with E-state index in [4.69, 9.17) is 14.4 Å². The summed E-state index contributed by atoms with van der Waals surface area (Å²) in [5.41, 5.74) is 4.53. The summed E-state index contributed by atoms with van der Waals surface area (Å²) in [5, 5.41) is 1.24. The Morgan fingerprint density at radius 1 is 0.970 bits per heavy atom. The van der Waals surface area contributed by atoms with Gasteiger partial charge in [0.25, 0.3) is 5.56 Å². The quantitative estimate of drug-likeness (QED) is 0.252. The van der Waals surface area contributed by atoms with E-state index in [1.807, 2.05) is 74.5 Å². The third-order valence-electron chi connectivity index (χ3n) is 5.42. The molecule has 5 rings (SSSR count). The van der Waals surface area contributed by atoms with E-state index >= 15 is 0 Å². The highest BCUT2D eigenvalue weighted by Crippen LogP contribution is 2.27. The van der Waals surface area contributed by atoms with Crippen molar-refractivity contribution in [2.45, 2.75) is 31.3 Å². The Labute approximate surface area is 195 Å². The molecule has 0 aliphatic rings. The molecule has 0 aliphatic carbocycles. The highest BCUT2D eigenvalue weighted by Gasteiger charge is 2.16. The molecule has 33 heavy (non-hydrogen) atoms. The van der Waals surface area contributed by atoms with Gasteiger partial charge in [-0.15, -0.1) is 0 Å². The van der Waals surface area contributed by atoms with Crippen LogP contribution in [0.3, 0.4) is 0 Å². The number of aromatic nitrogens is 4. The summed E-state index contributed by atoms with van der Waals surface area (Å²) in [4.78, 5) is 27.0. The summed E-state index contributed by atoms with van der Waals surface area (Å²) < 4.78 is 7.64. The van der Waals surface area contributed by atoms with Gasteiger partial charge in [0.2, 0.25) is 5.89 Å². The van der Waals surface area contributed by atoms with Gasteiger partial charge in [-0.05, 0) is 49.7 Å². The minimum Gasteiger partial charge on any atom is -0.441 e. The van der Waals surface area contributed by atoms with Crippen LogP contribution in [-0.2, 0) is 12.3 Å². The van der Waals surface area contributed by atoms with E-state index < -0.39 is 0 Å². The van der Waals surface area contributed by atoms with E-state index in [2.05, 4.69) is 4.98 Å². The van der Waals surface area contributed by atoms with Gasteiger partial charge < -0.3 is 4.42 Å². The molecule has 0 N–H and O–H groups in total. The van der Waals surface area contributed by atoms with Crippen LogP contribution in [0.2, 0.25) is 0 Å². The van der Waals surface area contributed by atoms with E-state index in [0.717, 1.165) is 22.6 Å². The van der Waals surface area contributed by atoms with Crippen molar-refractivity contribution in [3.63, 3.8) is 0 Å². The standard InChI is InChI=1S/C26H22N4O2S/c1-17-9-11-20(12-10-17)24-28-23(18(2)32-24)16-33-26-29-22-8-4-3-7-21(22)25(31)30(26)15-19-6-5-13-27-14-19/h3-14H,15-16H2,1-2H3. The number of fused-ring (bicyclic) bond motifs is 1. The average Bonchev–Trinajstić information content (AvgIpc) is 3.21. The Balaban J connectivity index is 1.48. The number of thioether (sulfide) groups is 1. The second kappa shape index (κ2) is 9.03. The monoisotopic (exact) mass is 454 g/mol. The molecule has 3 heterocycles. The van der Waals surface area contributed by atoms with Gasteiger partial charge in [-0.25, -0.2) is 9.97 Å².